The van der Waals surface area contributed by atoms with Crippen molar-refractivity contribution in [3.63, 3.8) is 0 Å². The number of hydrogen-bond donors (Lipinski definition) is 1. The molecule has 1 N–H and O–H groups in total. The number of pyridine rings is 1. The number of hydrogen-bond acceptors (Lipinski definition) is 10. The van der Waals surface area contributed by atoms with E-state index in [4.69, 9.17) is 18.6 Å². The van der Waals surface area contributed by atoms with Gasteiger partial charge in [0.15, 0.2) is 5.76 Å². The maximum atomic E-state index is 13.0. The number of carbonyl (C=O) groups excluding carboxylic acids is 1. The van der Waals surface area contributed by atoms with Crippen LogP contribution in [-0.2, 0) is 6.42 Å². The molecular weight excluding hydrogens is 478 g/mol. The molecule has 3 rings (SSSR count). The van der Waals surface area contributed by atoms with Crippen LogP contribution in [0.2, 0.25) is 19.6 Å². The summed E-state index contributed by atoms with van der Waals surface area (Å²) in [6.45, 7) is 8.36. The molecule has 3 aromatic heterocycles. The molecule has 11 heteroatoms. The summed E-state index contributed by atoms with van der Waals surface area (Å²) >= 11 is 0. The van der Waals surface area contributed by atoms with Gasteiger partial charge in [0.05, 0.1) is 34.3 Å². The van der Waals surface area contributed by atoms with Gasteiger partial charge in [-0.2, -0.15) is 9.97 Å². The van der Waals surface area contributed by atoms with Crippen molar-refractivity contribution in [3.05, 3.63) is 41.8 Å². The van der Waals surface area contributed by atoms with E-state index in [2.05, 4.69) is 44.8 Å². The lowest BCUT2D eigenvalue weighted by atomic mass is 10.1. The molecule has 0 spiro atoms. The number of Topliss-reactive ketones (excluding diaryl/α,β-unsaturated/α-hetero) is 1. The topological polar surface area (TPSA) is 112 Å². The SMILES string of the molecule is COc1nc(NCCCN(C)C)nc(OC)c1CC(=O)c1ccc(Oc2cc([Si](C)(C)C)ccn2)o1. The third-order valence-electron chi connectivity index (χ3n) is 5.38. The number of rotatable bonds is 13. The second kappa shape index (κ2) is 12.0. The van der Waals surface area contributed by atoms with Crippen LogP contribution in [0.25, 0.3) is 0 Å². The molecule has 0 bridgehead atoms. The Hall–Kier alpha value is -3.44. The lowest BCUT2D eigenvalue weighted by molar-refractivity contribution is 0.0959. The summed E-state index contributed by atoms with van der Waals surface area (Å²) in [6, 6.07) is 7.09. The Balaban J connectivity index is 1.72. The van der Waals surface area contributed by atoms with E-state index >= 15 is 0 Å². The first-order chi connectivity index (χ1) is 17.1. The molecule has 3 heterocycles. The Labute approximate surface area is 213 Å². The molecule has 0 unspecified atom stereocenters. The van der Waals surface area contributed by atoms with Crippen molar-refractivity contribution in [2.24, 2.45) is 0 Å². The maximum Gasteiger partial charge on any atom is 0.291 e. The van der Waals surface area contributed by atoms with Gasteiger partial charge in [-0.1, -0.05) is 24.8 Å². The van der Waals surface area contributed by atoms with Crippen LogP contribution in [0.1, 0.15) is 22.5 Å². The third-order valence-corrected chi connectivity index (χ3v) is 7.43. The monoisotopic (exact) mass is 513 g/mol. The first kappa shape index (κ1) is 27.1. The van der Waals surface area contributed by atoms with Crippen molar-refractivity contribution in [1.82, 2.24) is 19.9 Å². The summed E-state index contributed by atoms with van der Waals surface area (Å²) in [7, 11) is 5.50. The van der Waals surface area contributed by atoms with Gasteiger partial charge in [0.1, 0.15) is 0 Å². The summed E-state index contributed by atoms with van der Waals surface area (Å²) in [5.74, 6) is 1.36. The lowest BCUT2D eigenvalue weighted by Gasteiger charge is -2.16. The molecule has 0 aliphatic carbocycles. The molecule has 194 valence electrons. The summed E-state index contributed by atoms with van der Waals surface area (Å²) in [5, 5.41) is 4.38. The molecule has 0 saturated heterocycles. The number of ketones is 1. The fraction of sp³-hybridized carbons (Fsp3) is 0.440. The smallest absolute Gasteiger partial charge is 0.291 e. The van der Waals surface area contributed by atoms with Crippen LogP contribution in [0.3, 0.4) is 0 Å². The highest BCUT2D eigenvalue weighted by atomic mass is 28.3. The van der Waals surface area contributed by atoms with E-state index in [0.717, 1.165) is 13.0 Å². The highest BCUT2D eigenvalue weighted by Gasteiger charge is 2.23. The largest absolute Gasteiger partial charge is 0.481 e. The van der Waals surface area contributed by atoms with Crippen LogP contribution < -0.4 is 24.7 Å². The highest BCUT2D eigenvalue weighted by Crippen LogP contribution is 2.29. The van der Waals surface area contributed by atoms with Crippen molar-refractivity contribution in [1.29, 1.82) is 0 Å². The molecule has 0 saturated carbocycles. The van der Waals surface area contributed by atoms with Gasteiger partial charge in [-0.3, -0.25) is 4.79 Å². The minimum atomic E-state index is -1.52. The first-order valence-corrected chi connectivity index (χ1v) is 15.3. The normalized spacial score (nSPS) is 11.4. The molecule has 36 heavy (non-hydrogen) atoms. The van der Waals surface area contributed by atoms with Crippen molar-refractivity contribution < 1.29 is 23.4 Å². The molecule has 0 aliphatic heterocycles. The lowest BCUT2D eigenvalue weighted by Crippen LogP contribution is -2.37. The minimum Gasteiger partial charge on any atom is -0.481 e. The Kier molecular flexibility index (Phi) is 9.05. The van der Waals surface area contributed by atoms with Gasteiger partial charge in [-0.15, -0.1) is 0 Å². The van der Waals surface area contributed by atoms with E-state index in [1.165, 1.54) is 19.4 Å². The molecule has 0 fully saturated rings. The zero-order valence-corrected chi connectivity index (χ0v) is 23.0. The average Bonchev–Trinajstić information content (AvgIpc) is 3.30. The van der Waals surface area contributed by atoms with Crippen LogP contribution in [0, 0.1) is 0 Å². The standard InChI is InChI=1S/C25H35N5O5Si/c1-30(2)14-8-12-27-25-28-23(32-3)18(24(29-25)33-4)16-19(31)20-9-10-22(34-20)35-21-15-17(11-13-26-21)36(5,6)7/h9-11,13,15H,8,12,14,16H2,1-7H3,(H,27,28,29). The number of nitrogens with zero attached hydrogens (tertiary/aromatic N) is 4. The van der Waals surface area contributed by atoms with Crippen LogP contribution in [0.5, 0.6) is 23.6 Å². The minimum absolute atomic E-state index is 0.0659. The van der Waals surface area contributed by atoms with Crippen LogP contribution in [-0.4, -0.2) is 75.1 Å². The summed E-state index contributed by atoms with van der Waals surface area (Å²) < 4.78 is 22.3. The van der Waals surface area contributed by atoms with Crippen molar-refractivity contribution in [2.45, 2.75) is 32.5 Å². The summed E-state index contributed by atoms with van der Waals surface area (Å²) in [6.07, 6.45) is 2.57. The van der Waals surface area contributed by atoms with E-state index < -0.39 is 8.07 Å². The number of anilines is 1. The van der Waals surface area contributed by atoms with Crippen molar-refractivity contribution in [2.75, 3.05) is 46.7 Å². The molecule has 3 aromatic rings. The Bertz CT molecular complexity index is 1150. The molecule has 0 radical (unpaired) electrons. The van der Waals surface area contributed by atoms with Crippen LogP contribution >= 0.6 is 0 Å². The number of nitrogens with one attached hydrogen (secondary N) is 1. The quantitative estimate of drug-likeness (QED) is 0.207. The second-order valence-corrected chi connectivity index (χ2v) is 14.7. The van der Waals surface area contributed by atoms with E-state index in [-0.39, 0.29) is 35.7 Å². The number of ether oxygens (including phenoxy) is 3. The van der Waals surface area contributed by atoms with Crippen LogP contribution in [0.4, 0.5) is 5.95 Å². The number of methoxy groups -OCH3 is 2. The molecule has 0 atom stereocenters. The summed E-state index contributed by atoms with van der Waals surface area (Å²) in [5.41, 5.74) is 0.437. The van der Waals surface area contributed by atoms with E-state index in [1.807, 2.05) is 26.2 Å². The van der Waals surface area contributed by atoms with Gasteiger partial charge >= 0.3 is 0 Å². The Morgan fingerprint density at radius 3 is 2.39 bits per heavy atom. The molecular formula is C25H35N5O5Si. The Morgan fingerprint density at radius 2 is 1.78 bits per heavy atom. The highest BCUT2D eigenvalue weighted by molar-refractivity contribution is 6.88. The van der Waals surface area contributed by atoms with Gasteiger partial charge in [-0.25, -0.2) is 4.98 Å². The third kappa shape index (κ3) is 7.28. The molecule has 0 amide bonds. The van der Waals surface area contributed by atoms with Gasteiger partial charge in [0.25, 0.3) is 5.95 Å². The van der Waals surface area contributed by atoms with E-state index in [9.17, 15) is 4.79 Å². The van der Waals surface area contributed by atoms with Gasteiger partial charge in [0.2, 0.25) is 29.4 Å². The summed E-state index contributed by atoms with van der Waals surface area (Å²) in [4.78, 5) is 28.2. The van der Waals surface area contributed by atoms with E-state index in [1.54, 1.807) is 18.3 Å². The fourth-order valence-corrected chi connectivity index (χ4v) is 4.55. The molecule has 0 aliphatic rings. The fourth-order valence-electron chi connectivity index (χ4n) is 3.41. The first-order valence-electron chi connectivity index (χ1n) is 11.8. The van der Waals surface area contributed by atoms with Gasteiger partial charge in [0, 0.05) is 24.9 Å². The number of aromatic nitrogens is 3. The van der Waals surface area contributed by atoms with Crippen LogP contribution in [0.15, 0.2) is 34.9 Å². The molecule has 10 nitrogen and oxygen atoms in total. The second-order valence-electron chi connectivity index (χ2n) is 9.58. The zero-order chi connectivity index (χ0) is 26.3. The van der Waals surface area contributed by atoms with Gasteiger partial charge < -0.3 is 28.8 Å². The van der Waals surface area contributed by atoms with E-state index in [0.29, 0.717) is 23.9 Å². The predicted octanol–water partition coefficient (Wildman–Crippen LogP) is 3.61. The van der Waals surface area contributed by atoms with Gasteiger partial charge in [-0.05, 0) is 39.2 Å². The Morgan fingerprint density at radius 1 is 1.08 bits per heavy atom. The molecule has 0 aromatic carbocycles. The van der Waals surface area contributed by atoms with Crippen molar-refractivity contribution in [3.8, 4) is 23.6 Å². The number of furan rings is 1. The average molecular weight is 514 g/mol. The predicted molar refractivity (Wildman–Crippen MR) is 141 cm³/mol. The number of carbonyl (C=O) groups is 1. The zero-order valence-electron chi connectivity index (χ0n) is 22.0. The van der Waals surface area contributed by atoms with Crippen molar-refractivity contribution >= 4 is 25.0 Å². The maximum absolute atomic E-state index is 13.0.